The second-order valence-electron chi connectivity index (χ2n) is 5.99. The topological polar surface area (TPSA) is 61.4 Å². The van der Waals surface area contributed by atoms with E-state index in [1.807, 2.05) is 67.6 Å². The molecule has 1 saturated heterocycles. The van der Waals surface area contributed by atoms with E-state index in [1.54, 1.807) is 4.90 Å². The highest BCUT2D eigenvalue weighted by Gasteiger charge is 2.31. The van der Waals surface area contributed by atoms with E-state index in [-0.39, 0.29) is 24.0 Å². The molecule has 0 saturated carbocycles. The first-order chi connectivity index (χ1) is 11.6. The number of hydrogen-bond donors (Lipinski definition) is 2. The molecule has 1 fully saturated rings. The van der Waals surface area contributed by atoms with Crippen LogP contribution in [0.2, 0.25) is 0 Å². The van der Waals surface area contributed by atoms with Gasteiger partial charge in [-0.3, -0.25) is 4.79 Å². The van der Waals surface area contributed by atoms with Crippen molar-refractivity contribution in [1.29, 1.82) is 0 Å². The fraction of sp³-hybridized carbons (Fsp3) is 0.263. The first-order valence-corrected chi connectivity index (χ1v) is 8.11. The largest absolute Gasteiger partial charge is 0.333 e. The monoisotopic (exact) mass is 323 g/mol. The second kappa shape index (κ2) is 7.17. The van der Waals surface area contributed by atoms with Crippen molar-refractivity contribution < 1.29 is 9.59 Å². The van der Waals surface area contributed by atoms with Crippen LogP contribution in [0.5, 0.6) is 0 Å². The van der Waals surface area contributed by atoms with Gasteiger partial charge in [0.15, 0.2) is 0 Å². The van der Waals surface area contributed by atoms with Crippen molar-refractivity contribution in [1.82, 2.24) is 10.6 Å². The number of urea groups is 1. The standard InChI is InChI=1S/C19H21N3O2/c1-14(15-8-4-2-5-9-15)20-19(24)21-16-12-18(23)22(13-16)17-10-6-3-7-11-17/h2-11,14,16H,12-13H2,1H3,(H2,20,21,24)/t14-,16-/m0/s1. The molecule has 5 nitrogen and oxygen atoms in total. The van der Waals surface area contributed by atoms with Crippen molar-refractivity contribution in [2.45, 2.75) is 25.4 Å². The van der Waals surface area contributed by atoms with E-state index in [9.17, 15) is 9.59 Å². The van der Waals surface area contributed by atoms with Crippen molar-refractivity contribution in [3.8, 4) is 0 Å². The average Bonchev–Trinajstić information content (AvgIpc) is 2.96. The summed E-state index contributed by atoms with van der Waals surface area (Å²) in [5.41, 5.74) is 1.91. The molecule has 0 aromatic heterocycles. The molecule has 0 aliphatic carbocycles. The average molecular weight is 323 g/mol. The van der Waals surface area contributed by atoms with Gasteiger partial charge in [-0.25, -0.2) is 4.79 Å². The Bertz CT molecular complexity index is 703. The molecule has 5 heteroatoms. The summed E-state index contributed by atoms with van der Waals surface area (Å²) in [5.74, 6) is 0.0302. The third kappa shape index (κ3) is 3.74. The van der Waals surface area contributed by atoms with Gasteiger partial charge in [0.25, 0.3) is 0 Å². The number of amides is 3. The molecule has 1 heterocycles. The number of para-hydroxylation sites is 1. The number of benzene rings is 2. The summed E-state index contributed by atoms with van der Waals surface area (Å²) in [6, 6.07) is 18.8. The third-order valence-corrected chi connectivity index (χ3v) is 4.18. The van der Waals surface area contributed by atoms with Crippen molar-refractivity contribution >= 4 is 17.6 Å². The Hall–Kier alpha value is -2.82. The predicted octanol–water partition coefficient (Wildman–Crippen LogP) is 2.85. The number of nitrogens with zero attached hydrogens (tertiary/aromatic N) is 1. The minimum Gasteiger partial charge on any atom is -0.333 e. The lowest BCUT2D eigenvalue weighted by Crippen LogP contribution is -2.44. The van der Waals surface area contributed by atoms with Gasteiger partial charge < -0.3 is 15.5 Å². The van der Waals surface area contributed by atoms with Crippen LogP contribution in [0.15, 0.2) is 60.7 Å². The molecule has 124 valence electrons. The molecule has 1 aliphatic heterocycles. The summed E-state index contributed by atoms with van der Waals surface area (Å²) in [6.07, 6.45) is 0.321. The van der Waals surface area contributed by atoms with E-state index in [2.05, 4.69) is 10.6 Å². The van der Waals surface area contributed by atoms with Crippen LogP contribution in [0.4, 0.5) is 10.5 Å². The number of carbonyl (C=O) groups excluding carboxylic acids is 2. The van der Waals surface area contributed by atoms with E-state index >= 15 is 0 Å². The van der Waals surface area contributed by atoms with Crippen LogP contribution in [0.1, 0.15) is 24.9 Å². The maximum Gasteiger partial charge on any atom is 0.315 e. The summed E-state index contributed by atoms with van der Waals surface area (Å²) in [6.45, 7) is 2.43. The quantitative estimate of drug-likeness (QED) is 0.909. The Morgan fingerprint density at radius 2 is 1.71 bits per heavy atom. The van der Waals surface area contributed by atoms with Gasteiger partial charge >= 0.3 is 6.03 Å². The molecule has 2 aromatic carbocycles. The fourth-order valence-corrected chi connectivity index (χ4v) is 2.91. The molecule has 2 aromatic rings. The summed E-state index contributed by atoms with van der Waals surface area (Å²) in [5, 5.41) is 5.81. The highest BCUT2D eigenvalue weighted by molar-refractivity contribution is 5.96. The minimum absolute atomic E-state index is 0.0302. The first kappa shape index (κ1) is 16.1. The number of carbonyl (C=O) groups is 2. The van der Waals surface area contributed by atoms with Crippen molar-refractivity contribution in [3.63, 3.8) is 0 Å². The van der Waals surface area contributed by atoms with Crippen LogP contribution in [-0.2, 0) is 4.79 Å². The molecular formula is C19H21N3O2. The van der Waals surface area contributed by atoms with Gasteiger partial charge in [0.2, 0.25) is 5.91 Å². The summed E-state index contributed by atoms with van der Waals surface area (Å²) in [7, 11) is 0. The summed E-state index contributed by atoms with van der Waals surface area (Å²) in [4.78, 5) is 26.1. The van der Waals surface area contributed by atoms with Gasteiger partial charge in [0.1, 0.15) is 0 Å². The van der Waals surface area contributed by atoms with Crippen LogP contribution in [-0.4, -0.2) is 24.5 Å². The van der Waals surface area contributed by atoms with E-state index in [4.69, 9.17) is 0 Å². The van der Waals surface area contributed by atoms with Gasteiger partial charge in [-0.05, 0) is 24.6 Å². The van der Waals surface area contributed by atoms with Crippen molar-refractivity contribution in [3.05, 3.63) is 66.2 Å². The molecule has 3 rings (SSSR count). The Kier molecular flexibility index (Phi) is 4.79. The SMILES string of the molecule is C[C@H](NC(=O)N[C@H]1CC(=O)N(c2ccccc2)C1)c1ccccc1. The van der Waals surface area contributed by atoms with Crippen LogP contribution in [0, 0.1) is 0 Å². The second-order valence-corrected chi connectivity index (χ2v) is 5.99. The van der Waals surface area contributed by atoms with Crippen LogP contribution < -0.4 is 15.5 Å². The van der Waals surface area contributed by atoms with Gasteiger partial charge in [-0.15, -0.1) is 0 Å². The van der Waals surface area contributed by atoms with E-state index in [0.717, 1.165) is 11.3 Å². The zero-order valence-electron chi connectivity index (χ0n) is 13.6. The Balaban J connectivity index is 1.55. The van der Waals surface area contributed by atoms with Crippen molar-refractivity contribution in [2.24, 2.45) is 0 Å². The normalized spacial score (nSPS) is 18.3. The summed E-state index contributed by atoms with van der Waals surface area (Å²) < 4.78 is 0. The molecule has 0 bridgehead atoms. The van der Waals surface area contributed by atoms with E-state index < -0.39 is 0 Å². The molecule has 3 amide bonds. The lowest BCUT2D eigenvalue weighted by molar-refractivity contribution is -0.117. The molecule has 1 aliphatic rings. The van der Waals surface area contributed by atoms with Gasteiger partial charge in [-0.1, -0.05) is 48.5 Å². The molecule has 0 spiro atoms. The first-order valence-electron chi connectivity index (χ1n) is 8.11. The molecule has 24 heavy (non-hydrogen) atoms. The van der Waals surface area contributed by atoms with Gasteiger partial charge in [0.05, 0.1) is 12.1 Å². The molecule has 2 N–H and O–H groups in total. The minimum atomic E-state index is -0.251. The van der Waals surface area contributed by atoms with Crippen LogP contribution >= 0.6 is 0 Å². The Morgan fingerprint density at radius 3 is 2.38 bits per heavy atom. The number of anilines is 1. The highest BCUT2D eigenvalue weighted by Crippen LogP contribution is 2.21. The number of rotatable bonds is 4. The lowest BCUT2D eigenvalue weighted by Gasteiger charge is -2.19. The Morgan fingerprint density at radius 1 is 1.08 bits per heavy atom. The summed E-state index contributed by atoms with van der Waals surface area (Å²) >= 11 is 0. The molecule has 2 atom stereocenters. The van der Waals surface area contributed by atoms with Crippen molar-refractivity contribution in [2.75, 3.05) is 11.4 Å². The van der Waals surface area contributed by atoms with Gasteiger partial charge in [0, 0.05) is 18.7 Å². The smallest absolute Gasteiger partial charge is 0.315 e. The molecular weight excluding hydrogens is 302 g/mol. The molecule has 0 unspecified atom stereocenters. The highest BCUT2D eigenvalue weighted by atomic mass is 16.2. The van der Waals surface area contributed by atoms with Gasteiger partial charge in [-0.2, -0.15) is 0 Å². The predicted molar refractivity (Wildman–Crippen MR) is 93.7 cm³/mol. The van der Waals surface area contributed by atoms with E-state index in [1.165, 1.54) is 0 Å². The van der Waals surface area contributed by atoms with Crippen LogP contribution in [0.3, 0.4) is 0 Å². The third-order valence-electron chi connectivity index (χ3n) is 4.18. The zero-order valence-corrected chi connectivity index (χ0v) is 13.6. The zero-order chi connectivity index (χ0) is 16.9. The maximum absolute atomic E-state index is 12.2. The number of hydrogen-bond acceptors (Lipinski definition) is 2. The number of nitrogens with one attached hydrogen (secondary N) is 2. The fourth-order valence-electron chi connectivity index (χ4n) is 2.91. The lowest BCUT2D eigenvalue weighted by atomic mass is 10.1. The van der Waals surface area contributed by atoms with E-state index in [0.29, 0.717) is 13.0 Å². The molecule has 0 radical (unpaired) electrons. The van der Waals surface area contributed by atoms with Crippen LogP contribution in [0.25, 0.3) is 0 Å². The Labute approximate surface area is 141 Å². The maximum atomic E-state index is 12.2.